The zero-order valence-electron chi connectivity index (χ0n) is 10.7. The van der Waals surface area contributed by atoms with Gasteiger partial charge in [-0.25, -0.2) is 0 Å². The number of rotatable bonds is 7. The van der Waals surface area contributed by atoms with Crippen molar-refractivity contribution >= 4 is 5.91 Å². The van der Waals surface area contributed by atoms with Crippen molar-refractivity contribution in [2.75, 3.05) is 6.54 Å². The molecule has 100 valence electrons. The van der Waals surface area contributed by atoms with Crippen LogP contribution in [0.1, 0.15) is 19.4 Å². The van der Waals surface area contributed by atoms with Gasteiger partial charge in [0.2, 0.25) is 5.91 Å². The van der Waals surface area contributed by atoms with Gasteiger partial charge in [-0.3, -0.25) is 4.79 Å². The molecule has 0 aliphatic heterocycles. The molecule has 0 heterocycles. The van der Waals surface area contributed by atoms with Crippen LogP contribution >= 0.6 is 0 Å². The number of amides is 1. The van der Waals surface area contributed by atoms with Crippen molar-refractivity contribution in [1.82, 2.24) is 5.32 Å². The maximum absolute atomic E-state index is 10.6. The molecule has 1 aromatic carbocycles. The van der Waals surface area contributed by atoms with Crippen LogP contribution in [0.3, 0.4) is 0 Å². The van der Waals surface area contributed by atoms with Gasteiger partial charge in [0.1, 0.15) is 11.9 Å². The number of carbonyl (C=O) groups is 1. The number of primary amides is 1. The van der Waals surface area contributed by atoms with Gasteiger partial charge >= 0.3 is 0 Å². The molecule has 0 saturated carbocycles. The van der Waals surface area contributed by atoms with Crippen LogP contribution in [0.25, 0.3) is 0 Å². The monoisotopic (exact) mass is 252 g/mol. The van der Waals surface area contributed by atoms with Crippen LogP contribution in [0.2, 0.25) is 0 Å². The first-order valence-electron chi connectivity index (χ1n) is 5.92. The lowest BCUT2D eigenvalue weighted by atomic mass is 10.2. The molecule has 0 radical (unpaired) electrons. The lowest BCUT2D eigenvalue weighted by Gasteiger charge is -2.12. The van der Waals surface area contributed by atoms with Crippen LogP contribution in [0.5, 0.6) is 5.75 Å². The second-order valence-electron chi connectivity index (χ2n) is 4.36. The van der Waals surface area contributed by atoms with Gasteiger partial charge in [-0.05, 0) is 31.5 Å². The van der Waals surface area contributed by atoms with E-state index in [0.29, 0.717) is 6.54 Å². The van der Waals surface area contributed by atoms with Crippen LogP contribution in [0.15, 0.2) is 24.3 Å². The van der Waals surface area contributed by atoms with E-state index < -0.39 is 12.0 Å². The van der Waals surface area contributed by atoms with Crippen LogP contribution < -0.4 is 15.8 Å². The normalized spacial score (nSPS) is 12.4. The fourth-order valence-corrected chi connectivity index (χ4v) is 1.45. The Morgan fingerprint density at radius 2 is 2.22 bits per heavy atom. The number of hydrogen-bond donors (Lipinski definition) is 3. The molecule has 0 fully saturated rings. The number of aliphatic hydroxyl groups excluding tert-OH is 1. The molecule has 1 rings (SSSR count). The number of carbonyl (C=O) groups excluding carboxylic acids is 1. The predicted octanol–water partition coefficient (Wildman–Crippen LogP) is 0.410. The Hall–Kier alpha value is -1.59. The van der Waals surface area contributed by atoms with E-state index in [4.69, 9.17) is 10.5 Å². The van der Waals surface area contributed by atoms with Crippen LogP contribution in [0, 0.1) is 0 Å². The van der Waals surface area contributed by atoms with E-state index >= 15 is 0 Å². The molecular weight excluding hydrogens is 232 g/mol. The molecule has 4 N–H and O–H groups in total. The van der Waals surface area contributed by atoms with Gasteiger partial charge in [0.15, 0.2) is 0 Å². The highest BCUT2D eigenvalue weighted by Crippen LogP contribution is 2.14. The Bertz CT molecular complexity index is 394. The van der Waals surface area contributed by atoms with Crippen molar-refractivity contribution < 1.29 is 14.6 Å². The molecule has 5 heteroatoms. The van der Waals surface area contributed by atoms with Crippen LogP contribution in [0.4, 0.5) is 0 Å². The summed E-state index contributed by atoms with van der Waals surface area (Å²) >= 11 is 0. The second kappa shape index (κ2) is 6.98. The van der Waals surface area contributed by atoms with E-state index in [1.807, 2.05) is 38.1 Å². The van der Waals surface area contributed by atoms with E-state index in [1.165, 1.54) is 0 Å². The number of aliphatic hydroxyl groups is 1. The molecule has 1 atom stereocenters. The first kappa shape index (κ1) is 14.5. The summed E-state index contributed by atoms with van der Waals surface area (Å²) in [5, 5.41) is 12.2. The summed E-state index contributed by atoms with van der Waals surface area (Å²) in [6, 6.07) is 7.65. The lowest BCUT2D eigenvalue weighted by Crippen LogP contribution is -2.37. The molecule has 0 spiro atoms. The molecule has 0 saturated heterocycles. The van der Waals surface area contributed by atoms with Crippen molar-refractivity contribution in [3.8, 4) is 5.75 Å². The van der Waals surface area contributed by atoms with E-state index in [-0.39, 0.29) is 12.6 Å². The van der Waals surface area contributed by atoms with Gasteiger partial charge in [0, 0.05) is 13.1 Å². The maximum atomic E-state index is 10.6. The minimum absolute atomic E-state index is 0.130. The predicted molar refractivity (Wildman–Crippen MR) is 69.1 cm³/mol. The van der Waals surface area contributed by atoms with Gasteiger partial charge in [0.25, 0.3) is 0 Å². The van der Waals surface area contributed by atoms with E-state index in [1.54, 1.807) is 0 Å². The Kier molecular flexibility index (Phi) is 5.61. The van der Waals surface area contributed by atoms with Crippen molar-refractivity contribution in [1.29, 1.82) is 0 Å². The highest BCUT2D eigenvalue weighted by Gasteiger charge is 2.09. The fourth-order valence-electron chi connectivity index (χ4n) is 1.45. The first-order chi connectivity index (χ1) is 8.49. The Balaban J connectivity index is 2.45. The standard InChI is InChI=1S/C13H20N2O3/c1-9(2)18-11-5-3-4-10(6-11)7-15-8-12(16)13(14)17/h3-6,9,12,15-16H,7-8H2,1-2H3,(H2,14,17). The number of benzene rings is 1. The zero-order valence-corrected chi connectivity index (χ0v) is 10.7. The van der Waals surface area contributed by atoms with Gasteiger partial charge < -0.3 is 20.9 Å². The van der Waals surface area contributed by atoms with Gasteiger partial charge in [-0.1, -0.05) is 12.1 Å². The topological polar surface area (TPSA) is 84.6 Å². The highest BCUT2D eigenvalue weighted by molar-refractivity contribution is 5.78. The average molecular weight is 252 g/mol. The smallest absolute Gasteiger partial charge is 0.247 e. The summed E-state index contributed by atoms with van der Waals surface area (Å²) in [4.78, 5) is 10.6. The summed E-state index contributed by atoms with van der Waals surface area (Å²) in [5.74, 6) is 0.0825. The van der Waals surface area contributed by atoms with Gasteiger partial charge in [-0.15, -0.1) is 0 Å². The third-order valence-corrected chi connectivity index (χ3v) is 2.27. The molecule has 0 bridgehead atoms. The van der Waals surface area contributed by atoms with Gasteiger partial charge in [-0.2, -0.15) is 0 Å². The summed E-state index contributed by atoms with van der Waals surface area (Å²) in [6.07, 6.45) is -1.02. The third-order valence-electron chi connectivity index (χ3n) is 2.27. The number of nitrogens with one attached hydrogen (secondary N) is 1. The molecule has 5 nitrogen and oxygen atoms in total. The van der Waals surface area contributed by atoms with Crippen molar-refractivity contribution in [2.45, 2.75) is 32.6 Å². The number of ether oxygens (including phenoxy) is 1. The third kappa shape index (κ3) is 5.16. The number of hydrogen-bond acceptors (Lipinski definition) is 4. The van der Waals surface area contributed by atoms with Crippen LogP contribution in [-0.4, -0.2) is 29.8 Å². The Morgan fingerprint density at radius 1 is 1.50 bits per heavy atom. The quantitative estimate of drug-likeness (QED) is 0.656. The van der Waals surface area contributed by atoms with E-state index in [0.717, 1.165) is 11.3 Å². The highest BCUT2D eigenvalue weighted by atomic mass is 16.5. The summed E-state index contributed by atoms with van der Waals surface area (Å²) in [5.41, 5.74) is 5.96. The van der Waals surface area contributed by atoms with Crippen molar-refractivity contribution in [3.63, 3.8) is 0 Å². The summed E-state index contributed by atoms with van der Waals surface area (Å²) < 4.78 is 5.57. The molecule has 0 aliphatic rings. The van der Waals surface area contributed by atoms with Gasteiger partial charge in [0.05, 0.1) is 6.10 Å². The summed E-state index contributed by atoms with van der Waals surface area (Å²) in [6.45, 7) is 4.62. The van der Waals surface area contributed by atoms with Crippen LogP contribution in [-0.2, 0) is 11.3 Å². The second-order valence-corrected chi connectivity index (χ2v) is 4.36. The molecule has 1 aromatic rings. The maximum Gasteiger partial charge on any atom is 0.247 e. The lowest BCUT2D eigenvalue weighted by molar-refractivity contribution is -0.125. The summed E-state index contributed by atoms with van der Waals surface area (Å²) in [7, 11) is 0. The minimum atomic E-state index is -1.15. The number of nitrogens with two attached hydrogens (primary N) is 1. The average Bonchev–Trinajstić information content (AvgIpc) is 2.28. The Morgan fingerprint density at radius 3 is 2.83 bits per heavy atom. The zero-order chi connectivity index (χ0) is 13.5. The molecule has 1 unspecified atom stereocenters. The molecule has 0 aliphatic carbocycles. The SMILES string of the molecule is CC(C)Oc1cccc(CNCC(O)C(N)=O)c1. The molecular formula is C13H20N2O3. The largest absolute Gasteiger partial charge is 0.491 e. The van der Waals surface area contributed by atoms with E-state index in [9.17, 15) is 9.90 Å². The minimum Gasteiger partial charge on any atom is -0.491 e. The van der Waals surface area contributed by atoms with Crippen molar-refractivity contribution in [2.24, 2.45) is 5.73 Å². The Labute approximate surface area is 107 Å². The van der Waals surface area contributed by atoms with E-state index in [2.05, 4.69) is 5.32 Å². The molecule has 1 amide bonds. The molecule has 18 heavy (non-hydrogen) atoms. The molecule has 0 aromatic heterocycles. The fraction of sp³-hybridized carbons (Fsp3) is 0.462. The van der Waals surface area contributed by atoms with Crippen molar-refractivity contribution in [3.05, 3.63) is 29.8 Å². The first-order valence-corrected chi connectivity index (χ1v) is 5.92.